The van der Waals surface area contributed by atoms with Gasteiger partial charge in [0.1, 0.15) is 5.75 Å². The van der Waals surface area contributed by atoms with E-state index >= 15 is 0 Å². The molecule has 0 unspecified atom stereocenters. The molecule has 220 valence electrons. The van der Waals surface area contributed by atoms with Crippen LogP contribution in [0.5, 0.6) is 5.75 Å². The van der Waals surface area contributed by atoms with E-state index in [1.165, 1.54) is 23.2 Å². The molecule has 0 radical (unpaired) electrons. The number of aromatic nitrogens is 2. The van der Waals surface area contributed by atoms with Crippen molar-refractivity contribution < 1.29 is 41.0 Å². The maximum atomic E-state index is 13.3. The fourth-order valence-corrected chi connectivity index (χ4v) is 5.07. The van der Waals surface area contributed by atoms with Gasteiger partial charge in [-0.1, -0.05) is 6.92 Å². The summed E-state index contributed by atoms with van der Waals surface area (Å²) in [6.07, 6.45) is -8.54. The molecule has 0 spiro atoms. The number of carbonyl (C=O) groups is 1. The van der Waals surface area contributed by atoms with Gasteiger partial charge >= 0.3 is 18.4 Å². The van der Waals surface area contributed by atoms with Crippen LogP contribution in [-0.4, -0.2) is 33.8 Å². The molecule has 2 atom stereocenters. The van der Waals surface area contributed by atoms with Crippen molar-refractivity contribution in [3.05, 3.63) is 75.0 Å². The van der Waals surface area contributed by atoms with Crippen LogP contribution in [0.4, 0.5) is 42.8 Å². The quantitative estimate of drug-likeness (QED) is 0.265. The Hall–Kier alpha value is -3.55. The Morgan fingerprint density at radius 1 is 1.10 bits per heavy atom. The van der Waals surface area contributed by atoms with Crippen molar-refractivity contribution >= 4 is 33.7 Å². The van der Waals surface area contributed by atoms with Crippen molar-refractivity contribution in [2.75, 3.05) is 16.8 Å². The number of fused-ring (bicyclic) bond motifs is 1. The summed E-state index contributed by atoms with van der Waals surface area (Å²) in [6, 6.07) is 5.14. The number of hydrogen-bond donors (Lipinski definition) is 2. The Kier molecular flexibility index (Phi) is 8.71. The number of benzene rings is 2. The molecule has 3 aromatic rings. The molecular weight excluding hydrogens is 622 g/mol. The minimum Gasteiger partial charge on any atom is -0.508 e. The Labute approximate surface area is 239 Å². The predicted octanol–water partition coefficient (Wildman–Crippen LogP) is 7.87. The van der Waals surface area contributed by atoms with Crippen LogP contribution in [0.2, 0.25) is 0 Å². The van der Waals surface area contributed by atoms with Gasteiger partial charge in [-0.15, -0.1) is 0 Å². The predicted molar refractivity (Wildman–Crippen MR) is 142 cm³/mol. The summed E-state index contributed by atoms with van der Waals surface area (Å²) in [5.74, 6) is 0.0155. The summed E-state index contributed by atoms with van der Waals surface area (Å²) in [5, 5.41) is 13.3. The van der Waals surface area contributed by atoms with Gasteiger partial charge in [-0.25, -0.2) is 14.8 Å². The Bertz CT molecular complexity index is 1400. The maximum Gasteiger partial charge on any atom is 0.416 e. The lowest BCUT2D eigenvalue weighted by Crippen LogP contribution is -2.46. The van der Waals surface area contributed by atoms with E-state index < -0.39 is 35.6 Å². The lowest BCUT2D eigenvalue weighted by Gasteiger charge is -2.40. The second kappa shape index (κ2) is 11.7. The third-order valence-corrected chi connectivity index (χ3v) is 7.26. The first kappa shape index (κ1) is 30.4. The smallest absolute Gasteiger partial charge is 0.416 e. The van der Waals surface area contributed by atoms with Crippen LogP contribution in [0, 0.1) is 0 Å². The van der Waals surface area contributed by atoms with E-state index in [0.29, 0.717) is 36.2 Å². The highest BCUT2D eigenvalue weighted by molar-refractivity contribution is 9.10. The standard InChI is InChI=1S/C27H25BrF6N4O3/c1-3-17-11-21(19-12-18(39)5-6-23(19)38(17)25(40)41-4-2)36-24-35-13-20(28)22(37-24)9-14-7-15(26(29,30)31)10-16(8-14)27(32,33)34/h5-8,10,12-13,17,21,39H,3-4,9,11H2,1-2H3,(H,35,36,37)/t17-,21+/m1/s1. The topological polar surface area (TPSA) is 87.6 Å². The lowest BCUT2D eigenvalue weighted by molar-refractivity contribution is -0.143. The highest BCUT2D eigenvalue weighted by Crippen LogP contribution is 2.42. The Morgan fingerprint density at radius 2 is 1.76 bits per heavy atom. The van der Waals surface area contributed by atoms with E-state index in [4.69, 9.17) is 4.74 Å². The molecule has 41 heavy (non-hydrogen) atoms. The van der Waals surface area contributed by atoms with Crippen LogP contribution in [-0.2, 0) is 23.5 Å². The van der Waals surface area contributed by atoms with Crippen molar-refractivity contribution in [1.82, 2.24) is 9.97 Å². The van der Waals surface area contributed by atoms with Crippen molar-refractivity contribution in [3.8, 4) is 5.75 Å². The molecule has 0 fully saturated rings. The molecule has 0 bridgehead atoms. The van der Waals surface area contributed by atoms with E-state index in [1.54, 1.807) is 13.0 Å². The van der Waals surface area contributed by atoms with E-state index in [0.717, 1.165) is 0 Å². The second-order valence-corrected chi connectivity index (χ2v) is 10.2. The number of alkyl halides is 6. The van der Waals surface area contributed by atoms with Gasteiger partial charge in [-0.3, -0.25) is 4.90 Å². The van der Waals surface area contributed by atoms with Gasteiger partial charge in [0.2, 0.25) is 5.95 Å². The average Bonchev–Trinajstić information content (AvgIpc) is 2.89. The summed E-state index contributed by atoms with van der Waals surface area (Å²) in [6.45, 7) is 3.77. The molecule has 7 nitrogen and oxygen atoms in total. The van der Waals surface area contributed by atoms with Gasteiger partial charge in [0.15, 0.2) is 0 Å². The van der Waals surface area contributed by atoms with Crippen LogP contribution >= 0.6 is 15.9 Å². The van der Waals surface area contributed by atoms with Crippen LogP contribution < -0.4 is 10.2 Å². The van der Waals surface area contributed by atoms with Crippen molar-refractivity contribution in [2.24, 2.45) is 0 Å². The zero-order valence-electron chi connectivity index (χ0n) is 21.8. The second-order valence-electron chi connectivity index (χ2n) is 9.39. The zero-order chi connectivity index (χ0) is 30.1. The number of rotatable bonds is 6. The highest BCUT2D eigenvalue weighted by atomic mass is 79.9. The number of aromatic hydroxyl groups is 1. The summed E-state index contributed by atoms with van der Waals surface area (Å²) in [5.41, 5.74) is -1.84. The maximum absolute atomic E-state index is 13.3. The number of anilines is 2. The summed E-state index contributed by atoms with van der Waals surface area (Å²) >= 11 is 3.24. The molecule has 2 aromatic carbocycles. The van der Waals surface area contributed by atoms with Crippen LogP contribution in [0.3, 0.4) is 0 Å². The Morgan fingerprint density at radius 3 is 2.34 bits per heavy atom. The molecule has 0 saturated carbocycles. The molecular formula is C27H25BrF6N4O3. The first-order valence-corrected chi connectivity index (χ1v) is 13.4. The number of ether oxygens (including phenoxy) is 1. The highest BCUT2D eigenvalue weighted by Gasteiger charge is 2.38. The zero-order valence-corrected chi connectivity index (χ0v) is 23.4. The van der Waals surface area contributed by atoms with Gasteiger partial charge in [-0.05, 0) is 77.7 Å². The third kappa shape index (κ3) is 6.85. The normalized spacial score (nSPS) is 17.2. The number of phenolic OH excluding ortho intramolecular Hbond substituents is 1. The molecule has 1 aromatic heterocycles. The molecule has 0 saturated heterocycles. The van der Waals surface area contributed by atoms with Gasteiger partial charge in [0.05, 0.1) is 39.6 Å². The number of amides is 1. The van der Waals surface area contributed by atoms with Crippen molar-refractivity contribution in [2.45, 2.75) is 57.5 Å². The van der Waals surface area contributed by atoms with E-state index in [1.807, 2.05) is 6.92 Å². The van der Waals surface area contributed by atoms with E-state index in [-0.39, 0.29) is 52.6 Å². The van der Waals surface area contributed by atoms with Crippen LogP contribution in [0.15, 0.2) is 47.1 Å². The number of phenols is 1. The van der Waals surface area contributed by atoms with Gasteiger partial charge in [0, 0.05) is 24.2 Å². The van der Waals surface area contributed by atoms with Crippen molar-refractivity contribution in [1.29, 1.82) is 0 Å². The molecule has 4 rings (SSSR count). The summed E-state index contributed by atoms with van der Waals surface area (Å²) in [7, 11) is 0. The van der Waals surface area contributed by atoms with Crippen LogP contribution in [0.25, 0.3) is 0 Å². The monoisotopic (exact) mass is 646 g/mol. The first-order chi connectivity index (χ1) is 19.2. The number of nitrogens with zero attached hydrogens (tertiary/aromatic N) is 3. The van der Waals surface area contributed by atoms with E-state index in [9.17, 15) is 36.2 Å². The van der Waals surface area contributed by atoms with Gasteiger partial charge < -0.3 is 15.2 Å². The molecule has 1 aliphatic rings. The van der Waals surface area contributed by atoms with E-state index in [2.05, 4.69) is 31.2 Å². The first-order valence-electron chi connectivity index (χ1n) is 12.6. The largest absolute Gasteiger partial charge is 0.508 e. The molecule has 1 aliphatic heterocycles. The summed E-state index contributed by atoms with van der Waals surface area (Å²) < 4.78 is 85.6. The third-order valence-electron chi connectivity index (χ3n) is 6.59. The number of halogens is 7. The molecule has 2 heterocycles. The lowest BCUT2D eigenvalue weighted by atomic mass is 9.90. The number of hydrogen-bond acceptors (Lipinski definition) is 6. The minimum atomic E-state index is -4.97. The SMILES string of the molecule is CCOC(=O)N1c2ccc(O)cc2[C@@H](Nc2ncc(Br)c(Cc3cc(C(F)(F)F)cc(C(F)(F)F)c3)n2)C[C@H]1CC. The van der Waals surface area contributed by atoms with Crippen molar-refractivity contribution in [3.63, 3.8) is 0 Å². The molecule has 2 N–H and O–H groups in total. The van der Waals surface area contributed by atoms with Gasteiger partial charge in [-0.2, -0.15) is 26.3 Å². The number of carbonyl (C=O) groups excluding carboxylic acids is 1. The minimum absolute atomic E-state index is 0.0447. The number of nitrogens with one attached hydrogen (secondary N) is 1. The molecule has 0 aliphatic carbocycles. The van der Waals surface area contributed by atoms with Gasteiger partial charge in [0.25, 0.3) is 0 Å². The molecule has 1 amide bonds. The fourth-order valence-electron chi connectivity index (χ4n) is 4.73. The Balaban J connectivity index is 1.68. The average molecular weight is 647 g/mol. The summed E-state index contributed by atoms with van der Waals surface area (Å²) in [4.78, 5) is 22.9. The van der Waals surface area contributed by atoms with Crippen LogP contribution in [0.1, 0.15) is 60.7 Å². The fraction of sp³-hybridized carbons (Fsp3) is 0.370. The molecule has 14 heteroatoms.